The van der Waals surface area contributed by atoms with Crippen molar-refractivity contribution >= 4 is 23.1 Å². The minimum Gasteiger partial charge on any atom is -0.274 e. The average Bonchev–Trinajstić information content (AvgIpc) is 3.32. The number of nitrogens with zero attached hydrogens (tertiary/aromatic N) is 1. The number of allylic oxidation sites excluding steroid dienone is 4. The van der Waals surface area contributed by atoms with Crippen LogP contribution in [-0.2, 0) is 9.59 Å². The Labute approximate surface area is 152 Å². The lowest BCUT2D eigenvalue weighted by molar-refractivity contribution is -0.122. The Morgan fingerprint density at radius 2 is 1.27 bits per heavy atom. The van der Waals surface area contributed by atoms with E-state index in [4.69, 9.17) is 0 Å². The zero-order chi connectivity index (χ0) is 17.8. The van der Waals surface area contributed by atoms with E-state index >= 15 is 0 Å². The lowest BCUT2D eigenvalue weighted by Gasteiger charge is -2.20. The zero-order valence-electron chi connectivity index (χ0n) is 14.5. The second-order valence-electron chi connectivity index (χ2n) is 7.28. The van der Waals surface area contributed by atoms with Crippen LogP contribution in [0.4, 0.5) is 5.69 Å². The molecule has 3 aliphatic rings. The topological polar surface area (TPSA) is 37.4 Å². The Kier molecular flexibility index (Phi) is 3.26. The highest BCUT2D eigenvalue weighted by molar-refractivity contribution is 6.23. The molecule has 2 aromatic carbocycles. The van der Waals surface area contributed by atoms with Crippen LogP contribution in [0.5, 0.6) is 0 Å². The highest BCUT2D eigenvalue weighted by Crippen LogP contribution is 2.58. The van der Waals surface area contributed by atoms with E-state index in [1.54, 1.807) is 0 Å². The predicted molar refractivity (Wildman–Crippen MR) is 101 cm³/mol. The molecule has 1 saturated heterocycles. The summed E-state index contributed by atoms with van der Waals surface area (Å²) < 4.78 is 0. The van der Waals surface area contributed by atoms with Gasteiger partial charge in [-0.3, -0.25) is 9.59 Å². The summed E-state index contributed by atoms with van der Waals surface area (Å²) in [5.41, 5.74) is 4.30. The lowest BCUT2D eigenvalue weighted by atomic mass is 9.85. The fraction of sp³-hybridized carbons (Fsp3) is 0.217. The number of hydrogen-bond donors (Lipinski definition) is 0. The van der Waals surface area contributed by atoms with Crippen molar-refractivity contribution in [2.45, 2.75) is 6.92 Å². The summed E-state index contributed by atoms with van der Waals surface area (Å²) in [6.07, 6.45) is 4.26. The summed E-state index contributed by atoms with van der Waals surface area (Å²) in [6.45, 7) is 2.11. The molecule has 0 radical (unpaired) electrons. The van der Waals surface area contributed by atoms with Crippen molar-refractivity contribution < 1.29 is 9.59 Å². The monoisotopic (exact) mass is 341 g/mol. The van der Waals surface area contributed by atoms with Gasteiger partial charge in [0.25, 0.3) is 0 Å². The van der Waals surface area contributed by atoms with Crippen LogP contribution in [-0.4, -0.2) is 11.8 Å². The third kappa shape index (κ3) is 1.94. The van der Waals surface area contributed by atoms with Crippen molar-refractivity contribution in [1.82, 2.24) is 0 Å². The molecule has 0 unspecified atom stereocenters. The molecule has 0 N–H and O–H groups in total. The number of hydrogen-bond acceptors (Lipinski definition) is 2. The van der Waals surface area contributed by atoms with Crippen molar-refractivity contribution in [2.24, 2.45) is 23.7 Å². The summed E-state index contributed by atoms with van der Waals surface area (Å²) >= 11 is 0. The van der Waals surface area contributed by atoms with Gasteiger partial charge < -0.3 is 0 Å². The summed E-state index contributed by atoms with van der Waals surface area (Å²) in [6, 6.07) is 19.5. The molecule has 1 aliphatic heterocycles. The standard InChI is InChI=1S/C23H19NO2/c1-14(15-8-4-2-5-9-15)19-17-12-13-18(19)21-20(17)22(25)24(23(21)26)16-10-6-3-7-11-16/h2-13,17-18,20-21H,1H3/t17-,18-,20+,21+/m1/s1. The van der Waals surface area contributed by atoms with E-state index in [0.29, 0.717) is 5.69 Å². The van der Waals surface area contributed by atoms with Crippen LogP contribution in [0.1, 0.15) is 12.5 Å². The fourth-order valence-corrected chi connectivity index (χ4v) is 4.95. The van der Waals surface area contributed by atoms with Crippen LogP contribution in [0.3, 0.4) is 0 Å². The van der Waals surface area contributed by atoms with Gasteiger partial charge in [-0.1, -0.05) is 66.3 Å². The van der Waals surface area contributed by atoms with Crippen LogP contribution in [0.2, 0.25) is 0 Å². The SMILES string of the molecule is CC(=C1[C@H]2C=C[C@H]1[C@@H]1C(=O)N(c3ccccc3)C(=O)[C@H]12)c1ccccc1. The first-order chi connectivity index (χ1) is 12.7. The molecular formula is C23H19NO2. The molecule has 2 aliphatic carbocycles. The molecule has 3 nitrogen and oxygen atoms in total. The molecule has 0 aromatic heterocycles. The Balaban J connectivity index is 1.57. The first-order valence-corrected chi connectivity index (χ1v) is 9.06. The van der Waals surface area contributed by atoms with E-state index in [9.17, 15) is 9.59 Å². The molecule has 4 atom stereocenters. The van der Waals surface area contributed by atoms with E-state index in [1.807, 2.05) is 48.5 Å². The highest BCUT2D eigenvalue weighted by atomic mass is 16.2. The number of rotatable bonds is 2. The van der Waals surface area contributed by atoms with Crippen molar-refractivity contribution in [1.29, 1.82) is 0 Å². The molecule has 1 saturated carbocycles. The number of carbonyl (C=O) groups excluding carboxylic acids is 2. The third-order valence-electron chi connectivity index (χ3n) is 6.07. The van der Waals surface area contributed by atoms with E-state index in [1.165, 1.54) is 21.6 Å². The van der Waals surface area contributed by atoms with Crippen LogP contribution < -0.4 is 4.90 Å². The molecule has 5 rings (SSSR count). The van der Waals surface area contributed by atoms with E-state index < -0.39 is 0 Å². The van der Waals surface area contributed by atoms with Gasteiger partial charge in [0.1, 0.15) is 0 Å². The minimum absolute atomic E-state index is 0.0374. The molecule has 1 heterocycles. The van der Waals surface area contributed by atoms with Crippen molar-refractivity contribution in [3.8, 4) is 0 Å². The van der Waals surface area contributed by atoms with Crippen LogP contribution in [0, 0.1) is 23.7 Å². The molecule has 2 fully saturated rings. The first kappa shape index (κ1) is 15.3. The molecule has 26 heavy (non-hydrogen) atoms. The van der Waals surface area contributed by atoms with Gasteiger partial charge in [0, 0.05) is 11.8 Å². The number of fused-ring (bicyclic) bond motifs is 5. The summed E-state index contributed by atoms with van der Waals surface area (Å²) in [4.78, 5) is 27.7. The molecule has 3 heteroatoms. The Bertz CT molecular complexity index is 924. The molecule has 0 spiro atoms. The second-order valence-corrected chi connectivity index (χ2v) is 7.28. The Hall–Kier alpha value is -2.94. The predicted octanol–water partition coefficient (Wildman–Crippen LogP) is 4.08. The number of para-hydroxylation sites is 1. The van der Waals surface area contributed by atoms with Crippen LogP contribution in [0.25, 0.3) is 5.57 Å². The maximum absolute atomic E-state index is 13.1. The van der Waals surface area contributed by atoms with Crippen LogP contribution in [0.15, 0.2) is 78.4 Å². The number of imide groups is 1. The van der Waals surface area contributed by atoms with E-state index in [-0.39, 0.29) is 35.5 Å². The highest BCUT2D eigenvalue weighted by Gasteiger charge is 2.62. The average molecular weight is 341 g/mol. The van der Waals surface area contributed by atoms with E-state index in [0.717, 1.165) is 0 Å². The van der Waals surface area contributed by atoms with Crippen molar-refractivity contribution in [3.63, 3.8) is 0 Å². The lowest BCUT2D eigenvalue weighted by Crippen LogP contribution is -2.33. The third-order valence-corrected chi connectivity index (χ3v) is 6.07. The molecule has 2 amide bonds. The number of carbonyl (C=O) groups is 2. The minimum atomic E-state index is -0.258. The van der Waals surface area contributed by atoms with Crippen molar-refractivity contribution in [2.75, 3.05) is 4.90 Å². The van der Waals surface area contributed by atoms with Crippen molar-refractivity contribution in [3.05, 3.63) is 84.0 Å². The van der Waals surface area contributed by atoms with Gasteiger partial charge in [-0.25, -0.2) is 4.90 Å². The van der Waals surface area contributed by atoms with Gasteiger partial charge >= 0.3 is 0 Å². The van der Waals surface area contributed by atoms with Crippen LogP contribution >= 0.6 is 0 Å². The number of anilines is 1. The second kappa shape index (κ2) is 5.53. The maximum atomic E-state index is 13.1. The normalized spacial score (nSPS) is 28.8. The molecule has 128 valence electrons. The summed E-state index contributed by atoms with van der Waals surface area (Å²) in [7, 11) is 0. The molecular weight excluding hydrogens is 322 g/mol. The summed E-state index contributed by atoms with van der Waals surface area (Å²) in [5.74, 6) is -0.550. The van der Waals surface area contributed by atoms with Gasteiger partial charge in [0.15, 0.2) is 0 Å². The number of benzene rings is 2. The van der Waals surface area contributed by atoms with Gasteiger partial charge in [0.05, 0.1) is 17.5 Å². The fourth-order valence-electron chi connectivity index (χ4n) is 4.95. The zero-order valence-corrected chi connectivity index (χ0v) is 14.5. The first-order valence-electron chi connectivity index (χ1n) is 9.06. The smallest absolute Gasteiger partial charge is 0.238 e. The van der Waals surface area contributed by atoms with Gasteiger partial charge in [-0.05, 0) is 30.2 Å². The van der Waals surface area contributed by atoms with Gasteiger partial charge in [0.2, 0.25) is 11.8 Å². The van der Waals surface area contributed by atoms with Gasteiger partial charge in [-0.15, -0.1) is 0 Å². The largest absolute Gasteiger partial charge is 0.274 e. The summed E-state index contributed by atoms with van der Waals surface area (Å²) in [5, 5.41) is 0. The quantitative estimate of drug-likeness (QED) is 0.610. The Morgan fingerprint density at radius 1 is 0.769 bits per heavy atom. The molecule has 2 aromatic rings. The van der Waals surface area contributed by atoms with Gasteiger partial charge in [-0.2, -0.15) is 0 Å². The Morgan fingerprint density at radius 3 is 1.81 bits per heavy atom. The number of amides is 2. The molecule has 2 bridgehead atoms. The maximum Gasteiger partial charge on any atom is 0.238 e. The van der Waals surface area contributed by atoms with E-state index in [2.05, 4.69) is 31.2 Å².